The van der Waals surface area contributed by atoms with Crippen LogP contribution >= 0.6 is 11.3 Å². The van der Waals surface area contributed by atoms with Crippen LogP contribution in [0.15, 0.2) is 79.0 Å². The molecular weight excluding hydrogens is 482 g/mol. The van der Waals surface area contributed by atoms with Gasteiger partial charge in [0.05, 0.1) is 5.69 Å². The van der Waals surface area contributed by atoms with Crippen LogP contribution in [0.5, 0.6) is 0 Å². The van der Waals surface area contributed by atoms with Crippen molar-refractivity contribution in [2.45, 2.75) is 18.9 Å². The summed E-state index contributed by atoms with van der Waals surface area (Å²) in [7, 11) is 0. The first-order valence-electron chi connectivity index (χ1n) is 12.3. The Hall–Kier alpha value is -4.21. The molecule has 3 N–H and O–H groups in total. The molecule has 4 heterocycles. The van der Waals surface area contributed by atoms with E-state index in [0.29, 0.717) is 23.0 Å². The van der Waals surface area contributed by atoms with Gasteiger partial charge in [-0.15, -0.1) is 0 Å². The number of carbonyl (C=O) groups is 1. The summed E-state index contributed by atoms with van der Waals surface area (Å²) in [6.45, 7) is 1.88. The minimum atomic E-state index is -0.309. The molecule has 1 aliphatic heterocycles. The lowest BCUT2D eigenvalue weighted by Crippen LogP contribution is -2.38. The lowest BCUT2D eigenvalue weighted by molar-refractivity contribution is 0.102. The average Bonchev–Trinajstić information content (AvgIpc) is 3.38. The molecule has 0 radical (unpaired) electrons. The van der Waals surface area contributed by atoms with Crippen molar-refractivity contribution in [3.63, 3.8) is 0 Å². The minimum Gasteiger partial charge on any atom is -0.366 e. The van der Waals surface area contributed by atoms with Crippen molar-refractivity contribution >= 4 is 39.1 Å². The number of carbonyl (C=O) groups excluding carboxylic acids is 1. The molecule has 3 aromatic heterocycles. The van der Waals surface area contributed by atoms with E-state index in [1.54, 1.807) is 12.3 Å². The van der Waals surface area contributed by atoms with Crippen molar-refractivity contribution in [3.05, 3.63) is 84.7 Å². The largest absolute Gasteiger partial charge is 0.366 e. The number of hydrogen-bond donors (Lipinski definition) is 3. The van der Waals surface area contributed by atoms with Gasteiger partial charge in [0, 0.05) is 36.0 Å². The van der Waals surface area contributed by atoms with Gasteiger partial charge in [-0.3, -0.25) is 4.79 Å². The minimum absolute atomic E-state index is 0.247. The summed E-state index contributed by atoms with van der Waals surface area (Å²) >= 11 is 1.49. The number of nitrogens with one attached hydrogen (secondary N) is 3. The fourth-order valence-corrected chi connectivity index (χ4v) is 5.33. The van der Waals surface area contributed by atoms with E-state index in [9.17, 15) is 4.79 Å². The predicted octanol–water partition coefficient (Wildman–Crippen LogP) is 5.23. The van der Waals surface area contributed by atoms with Crippen LogP contribution in [0.4, 0.5) is 11.5 Å². The maximum absolute atomic E-state index is 13.5. The number of amides is 1. The van der Waals surface area contributed by atoms with Gasteiger partial charge in [0.25, 0.3) is 5.91 Å². The summed E-state index contributed by atoms with van der Waals surface area (Å²) in [4.78, 5) is 32.9. The highest BCUT2D eigenvalue weighted by atomic mass is 32.1. The summed E-state index contributed by atoms with van der Waals surface area (Å²) in [6.07, 6.45) is 3.90. The Morgan fingerprint density at radius 2 is 1.84 bits per heavy atom. The number of pyridine rings is 1. The van der Waals surface area contributed by atoms with E-state index < -0.39 is 0 Å². The molecule has 0 saturated carbocycles. The maximum atomic E-state index is 13.5. The quantitative estimate of drug-likeness (QED) is 0.289. The van der Waals surface area contributed by atoms with E-state index >= 15 is 0 Å². The summed E-state index contributed by atoms with van der Waals surface area (Å²) < 4.78 is 0. The number of fused-ring (bicyclic) bond motifs is 1. The Bertz CT molecular complexity index is 1510. The second-order valence-corrected chi connectivity index (χ2v) is 9.84. The zero-order valence-electron chi connectivity index (χ0n) is 20.0. The van der Waals surface area contributed by atoms with Crippen molar-refractivity contribution in [3.8, 4) is 22.0 Å². The van der Waals surface area contributed by atoms with Gasteiger partial charge in [-0.2, -0.15) is 0 Å². The zero-order chi connectivity index (χ0) is 25.0. The highest BCUT2D eigenvalue weighted by Gasteiger charge is 2.19. The van der Waals surface area contributed by atoms with Crippen molar-refractivity contribution in [2.75, 3.05) is 23.7 Å². The molecule has 0 bridgehead atoms. The van der Waals surface area contributed by atoms with Crippen molar-refractivity contribution in [1.29, 1.82) is 0 Å². The highest BCUT2D eigenvalue weighted by molar-refractivity contribution is 7.21. The topological polar surface area (TPSA) is 105 Å². The van der Waals surface area contributed by atoms with Crippen molar-refractivity contribution < 1.29 is 4.79 Å². The first kappa shape index (κ1) is 23.2. The van der Waals surface area contributed by atoms with Gasteiger partial charge in [-0.1, -0.05) is 53.8 Å². The van der Waals surface area contributed by atoms with Crippen LogP contribution in [0.25, 0.3) is 32.3 Å². The number of thiazole rings is 1. The monoisotopic (exact) mass is 507 g/mol. The number of hydrogen-bond acceptors (Lipinski definition) is 8. The van der Waals surface area contributed by atoms with E-state index in [0.717, 1.165) is 52.4 Å². The van der Waals surface area contributed by atoms with Gasteiger partial charge in [0.1, 0.15) is 26.9 Å². The van der Waals surface area contributed by atoms with Gasteiger partial charge in [0.15, 0.2) is 5.82 Å². The van der Waals surface area contributed by atoms with Gasteiger partial charge in [-0.05, 0) is 43.7 Å². The third kappa shape index (κ3) is 5.18. The van der Waals surface area contributed by atoms with Crippen molar-refractivity contribution in [2.24, 2.45) is 0 Å². The third-order valence-corrected chi connectivity index (χ3v) is 7.22. The number of piperidine rings is 1. The van der Waals surface area contributed by atoms with E-state index in [1.807, 2.05) is 66.7 Å². The summed E-state index contributed by atoms with van der Waals surface area (Å²) in [5.41, 5.74) is 3.48. The lowest BCUT2D eigenvalue weighted by Gasteiger charge is -2.24. The number of aromatic nitrogens is 4. The average molecular weight is 508 g/mol. The maximum Gasteiger partial charge on any atom is 0.274 e. The van der Waals surface area contributed by atoms with Crippen LogP contribution in [-0.4, -0.2) is 45.0 Å². The van der Waals surface area contributed by atoms with Gasteiger partial charge >= 0.3 is 0 Å². The van der Waals surface area contributed by atoms with Crippen LogP contribution in [0.3, 0.4) is 0 Å². The Labute approximate surface area is 218 Å². The third-order valence-electron chi connectivity index (χ3n) is 6.21. The Kier molecular flexibility index (Phi) is 6.53. The fraction of sp³-hybridized carbons (Fsp3) is 0.179. The molecule has 0 unspecified atom stereocenters. The molecule has 184 valence electrons. The normalized spacial score (nSPS) is 15.4. The molecule has 6 rings (SSSR count). The highest BCUT2D eigenvalue weighted by Crippen LogP contribution is 2.34. The predicted molar refractivity (Wildman–Crippen MR) is 148 cm³/mol. The first-order valence-corrected chi connectivity index (χ1v) is 13.1. The lowest BCUT2D eigenvalue weighted by atomic mass is 10.1. The van der Waals surface area contributed by atoms with E-state index in [1.165, 1.54) is 11.3 Å². The van der Waals surface area contributed by atoms with E-state index in [4.69, 9.17) is 9.97 Å². The molecule has 1 aliphatic rings. The molecule has 1 saturated heterocycles. The van der Waals surface area contributed by atoms with Crippen LogP contribution in [0.2, 0.25) is 0 Å². The number of anilines is 2. The molecule has 5 aromatic rings. The van der Waals surface area contributed by atoms with E-state index in [2.05, 4.69) is 25.9 Å². The van der Waals surface area contributed by atoms with Gasteiger partial charge in [0.2, 0.25) is 0 Å². The van der Waals surface area contributed by atoms with Gasteiger partial charge < -0.3 is 16.0 Å². The molecule has 37 heavy (non-hydrogen) atoms. The van der Waals surface area contributed by atoms with Crippen molar-refractivity contribution in [1.82, 2.24) is 25.3 Å². The molecule has 1 fully saturated rings. The standard InChI is InChI=1S/C28H25N7OS/c36-26(33-21-12-5-4-11-20(21)27-34-22-13-7-15-30-28(22)37-27)23-16-24(31-19-10-6-14-29-17-19)35-25(32-23)18-8-2-1-3-9-18/h1-5,7-9,11-13,15-16,19,29H,6,10,14,17H2,(H,33,36)(H,31,32,35)/t19-/m1/s1. The fourth-order valence-electron chi connectivity index (χ4n) is 4.39. The number of benzene rings is 2. The molecule has 1 amide bonds. The summed E-state index contributed by atoms with van der Waals surface area (Å²) in [5.74, 6) is 0.833. The molecule has 1 atom stereocenters. The van der Waals surface area contributed by atoms with Crippen LogP contribution in [-0.2, 0) is 0 Å². The second-order valence-electron chi connectivity index (χ2n) is 8.86. The molecule has 2 aromatic carbocycles. The molecule has 0 aliphatic carbocycles. The molecule has 0 spiro atoms. The molecular formula is C28H25N7OS. The Morgan fingerprint density at radius 1 is 0.973 bits per heavy atom. The second kappa shape index (κ2) is 10.4. The smallest absolute Gasteiger partial charge is 0.274 e. The van der Waals surface area contributed by atoms with Crippen LogP contribution in [0, 0.1) is 0 Å². The Balaban J connectivity index is 1.33. The zero-order valence-corrected chi connectivity index (χ0v) is 20.8. The molecule has 8 nitrogen and oxygen atoms in total. The summed E-state index contributed by atoms with van der Waals surface area (Å²) in [6, 6.07) is 23.1. The number of rotatable bonds is 6. The first-order chi connectivity index (χ1) is 18.2. The Morgan fingerprint density at radius 3 is 2.68 bits per heavy atom. The molecule has 9 heteroatoms. The SMILES string of the molecule is O=C(Nc1ccccc1-c1nc2cccnc2s1)c1cc(N[C@@H]2CCCNC2)nc(-c2ccccc2)n1. The van der Waals surface area contributed by atoms with Gasteiger partial charge in [-0.25, -0.2) is 19.9 Å². The van der Waals surface area contributed by atoms with Crippen LogP contribution in [0.1, 0.15) is 23.3 Å². The van der Waals surface area contributed by atoms with Crippen LogP contribution < -0.4 is 16.0 Å². The number of nitrogens with zero attached hydrogens (tertiary/aromatic N) is 4. The number of para-hydroxylation sites is 1. The summed E-state index contributed by atoms with van der Waals surface area (Å²) in [5, 5.41) is 10.8. The van der Waals surface area contributed by atoms with E-state index in [-0.39, 0.29) is 11.9 Å².